The molecule has 0 N–H and O–H groups in total. The fourth-order valence-electron chi connectivity index (χ4n) is 3.41. The van der Waals surface area contributed by atoms with Crippen molar-refractivity contribution in [2.45, 2.75) is 72.0 Å². The summed E-state index contributed by atoms with van der Waals surface area (Å²) in [4.78, 5) is 12.2. The van der Waals surface area contributed by atoms with Crippen LogP contribution in [0, 0.1) is 17.3 Å². The van der Waals surface area contributed by atoms with Gasteiger partial charge in [-0.05, 0) is 44.4 Å². The SMILES string of the molecule is CC1(C)CC(=O)[C@H]2C[C@@H](C(C)(C)C)CC[C@H]2O1. The molecule has 0 amide bonds. The zero-order valence-corrected chi connectivity index (χ0v) is 11.9. The molecule has 0 radical (unpaired) electrons. The lowest BCUT2D eigenvalue weighted by Crippen LogP contribution is -2.50. The lowest BCUT2D eigenvalue weighted by atomic mass is 9.65. The first-order chi connectivity index (χ1) is 7.69. The summed E-state index contributed by atoms with van der Waals surface area (Å²) >= 11 is 0. The Kier molecular flexibility index (Phi) is 3.14. The lowest BCUT2D eigenvalue weighted by molar-refractivity contribution is -0.172. The quantitative estimate of drug-likeness (QED) is 0.644. The van der Waals surface area contributed by atoms with Crippen molar-refractivity contribution in [3.63, 3.8) is 0 Å². The predicted octanol–water partition coefficient (Wildman–Crippen LogP) is 3.59. The summed E-state index contributed by atoms with van der Waals surface area (Å²) in [5, 5.41) is 0. The first-order valence-corrected chi connectivity index (χ1v) is 6.89. The number of carbonyl (C=O) groups is 1. The molecule has 98 valence electrons. The van der Waals surface area contributed by atoms with E-state index in [1.807, 2.05) is 13.8 Å². The number of hydrogen-bond donors (Lipinski definition) is 0. The normalized spacial score (nSPS) is 37.7. The van der Waals surface area contributed by atoms with E-state index < -0.39 is 0 Å². The average Bonchev–Trinajstić information content (AvgIpc) is 2.13. The van der Waals surface area contributed by atoms with Crippen molar-refractivity contribution in [3.05, 3.63) is 0 Å². The van der Waals surface area contributed by atoms with Crippen LogP contribution in [0.3, 0.4) is 0 Å². The van der Waals surface area contributed by atoms with Crippen LogP contribution in [0.1, 0.15) is 60.3 Å². The van der Waals surface area contributed by atoms with Crippen molar-refractivity contribution in [2.24, 2.45) is 17.3 Å². The predicted molar refractivity (Wildman–Crippen MR) is 68.9 cm³/mol. The summed E-state index contributed by atoms with van der Waals surface area (Å²) in [6.45, 7) is 10.9. The van der Waals surface area contributed by atoms with Gasteiger partial charge in [0.15, 0.2) is 0 Å². The maximum Gasteiger partial charge on any atom is 0.141 e. The minimum atomic E-state index is -0.243. The minimum Gasteiger partial charge on any atom is -0.371 e. The molecule has 1 aliphatic carbocycles. The topological polar surface area (TPSA) is 26.3 Å². The molecule has 0 spiro atoms. The van der Waals surface area contributed by atoms with Gasteiger partial charge in [-0.3, -0.25) is 4.79 Å². The van der Waals surface area contributed by atoms with E-state index in [-0.39, 0.29) is 17.6 Å². The van der Waals surface area contributed by atoms with Crippen molar-refractivity contribution >= 4 is 5.78 Å². The lowest BCUT2D eigenvalue weighted by Gasteiger charge is -2.47. The Hall–Kier alpha value is -0.370. The van der Waals surface area contributed by atoms with Crippen LogP contribution in [0.15, 0.2) is 0 Å². The molecular formula is C15H26O2. The van der Waals surface area contributed by atoms with Crippen molar-refractivity contribution < 1.29 is 9.53 Å². The third-order valence-electron chi connectivity index (χ3n) is 4.50. The van der Waals surface area contributed by atoms with Crippen molar-refractivity contribution in [1.82, 2.24) is 0 Å². The molecule has 1 saturated heterocycles. The number of fused-ring (bicyclic) bond motifs is 1. The second-order valence-corrected chi connectivity index (χ2v) is 7.54. The molecule has 0 aromatic heterocycles. The second kappa shape index (κ2) is 4.08. The van der Waals surface area contributed by atoms with Crippen LogP contribution in [0.4, 0.5) is 0 Å². The molecule has 1 aliphatic heterocycles. The van der Waals surface area contributed by atoms with Gasteiger partial charge in [0.2, 0.25) is 0 Å². The number of rotatable bonds is 0. The zero-order valence-electron chi connectivity index (χ0n) is 11.9. The summed E-state index contributed by atoms with van der Waals surface area (Å²) in [5.74, 6) is 1.26. The van der Waals surface area contributed by atoms with Crippen LogP contribution >= 0.6 is 0 Å². The van der Waals surface area contributed by atoms with Crippen LogP contribution in [0.5, 0.6) is 0 Å². The Morgan fingerprint density at radius 2 is 1.88 bits per heavy atom. The molecule has 0 bridgehead atoms. The van der Waals surface area contributed by atoms with E-state index in [0.29, 0.717) is 23.5 Å². The van der Waals surface area contributed by atoms with Crippen LogP contribution in [0.25, 0.3) is 0 Å². The molecule has 2 heteroatoms. The molecule has 0 aromatic carbocycles. The molecule has 2 aliphatic rings. The van der Waals surface area contributed by atoms with Gasteiger partial charge in [-0.25, -0.2) is 0 Å². The maximum absolute atomic E-state index is 12.2. The highest BCUT2D eigenvalue weighted by molar-refractivity contribution is 5.83. The van der Waals surface area contributed by atoms with Gasteiger partial charge in [0.1, 0.15) is 5.78 Å². The summed E-state index contributed by atoms with van der Waals surface area (Å²) in [5.41, 5.74) is 0.0744. The Balaban J connectivity index is 2.10. The van der Waals surface area contributed by atoms with E-state index in [2.05, 4.69) is 20.8 Å². The molecule has 17 heavy (non-hydrogen) atoms. The first kappa shape index (κ1) is 13.1. The van der Waals surface area contributed by atoms with Gasteiger partial charge in [0.25, 0.3) is 0 Å². The summed E-state index contributed by atoms with van der Waals surface area (Å²) in [6, 6.07) is 0. The number of ether oxygens (including phenoxy) is 1. The third-order valence-corrected chi connectivity index (χ3v) is 4.50. The van der Waals surface area contributed by atoms with E-state index >= 15 is 0 Å². The van der Waals surface area contributed by atoms with Gasteiger partial charge in [-0.2, -0.15) is 0 Å². The summed E-state index contributed by atoms with van der Waals surface area (Å²) in [6.07, 6.45) is 4.06. The minimum absolute atomic E-state index is 0.168. The van der Waals surface area contributed by atoms with E-state index in [0.717, 1.165) is 12.8 Å². The Morgan fingerprint density at radius 3 is 2.47 bits per heavy atom. The molecule has 1 saturated carbocycles. The number of carbonyl (C=O) groups excluding carboxylic acids is 1. The number of ketones is 1. The van der Waals surface area contributed by atoms with Gasteiger partial charge < -0.3 is 4.74 Å². The van der Waals surface area contributed by atoms with Crippen molar-refractivity contribution in [1.29, 1.82) is 0 Å². The third kappa shape index (κ3) is 2.73. The van der Waals surface area contributed by atoms with Gasteiger partial charge >= 0.3 is 0 Å². The highest BCUT2D eigenvalue weighted by atomic mass is 16.5. The largest absolute Gasteiger partial charge is 0.371 e. The Labute approximate surface area is 105 Å². The van der Waals surface area contributed by atoms with E-state index in [1.54, 1.807) is 0 Å². The van der Waals surface area contributed by atoms with Crippen molar-refractivity contribution in [3.8, 4) is 0 Å². The van der Waals surface area contributed by atoms with Gasteiger partial charge in [-0.15, -0.1) is 0 Å². The Morgan fingerprint density at radius 1 is 1.24 bits per heavy atom. The van der Waals surface area contributed by atoms with Crippen LogP contribution < -0.4 is 0 Å². The van der Waals surface area contributed by atoms with Gasteiger partial charge in [0, 0.05) is 12.3 Å². The van der Waals surface area contributed by atoms with Crippen molar-refractivity contribution in [2.75, 3.05) is 0 Å². The van der Waals surface area contributed by atoms with E-state index in [1.165, 1.54) is 6.42 Å². The smallest absolute Gasteiger partial charge is 0.141 e. The molecule has 2 rings (SSSR count). The second-order valence-electron chi connectivity index (χ2n) is 7.54. The van der Waals surface area contributed by atoms with Crippen LogP contribution in [0.2, 0.25) is 0 Å². The maximum atomic E-state index is 12.2. The fraction of sp³-hybridized carbons (Fsp3) is 0.933. The standard InChI is InChI=1S/C15H26O2/c1-14(2,3)10-6-7-13-11(8-10)12(16)9-15(4,5)17-13/h10-11,13H,6-9H2,1-5H3/t10-,11+,13+/m0/s1. The highest BCUT2D eigenvalue weighted by Gasteiger charge is 2.46. The van der Waals surface area contributed by atoms with Gasteiger partial charge in [-0.1, -0.05) is 20.8 Å². The summed E-state index contributed by atoms with van der Waals surface area (Å²) in [7, 11) is 0. The molecule has 0 unspecified atom stereocenters. The van der Waals surface area contributed by atoms with E-state index in [4.69, 9.17) is 4.74 Å². The molecule has 2 nitrogen and oxygen atoms in total. The monoisotopic (exact) mass is 238 g/mol. The number of hydrogen-bond acceptors (Lipinski definition) is 2. The number of Topliss-reactive ketones (excluding diaryl/α,β-unsaturated/α-hetero) is 1. The first-order valence-electron chi connectivity index (χ1n) is 6.89. The highest BCUT2D eigenvalue weighted by Crippen LogP contribution is 2.45. The Bertz CT molecular complexity index is 311. The average molecular weight is 238 g/mol. The van der Waals surface area contributed by atoms with E-state index in [9.17, 15) is 4.79 Å². The molecule has 1 heterocycles. The fourth-order valence-corrected chi connectivity index (χ4v) is 3.41. The van der Waals surface area contributed by atoms with Crippen LogP contribution in [-0.4, -0.2) is 17.5 Å². The zero-order chi connectivity index (χ0) is 12.8. The van der Waals surface area contributed by atoms with Gasteiger partial charge in [0.05, 0.1) is 11.7 Å². The molecule has 3 atom stereocenters. The molecule has 0 aromatic rings. The van der Waals surface area contributed by atoms with Crippen LogP contribution in [-0.2, 0) is 9.53 Å². The molecule has 2 fully saturated rings. The summed E-state index contributed by atoms with van der Waals surface area (Å²) < 4.78 is 6.09. The molecular weight excluding hydrogens is 212 g/mol.